The maximum atomic E-state index is 13.5. The maximum Gasteiger partial charge on any atom is 0.328 e. The Kier molecular flexibility index (Phi) is 6.13. The molecule has 4 saturated carbocycles. The van der Waals surface area contributed by atoms with E-state index >= 15 is 0 Å². The quantitative estimate of drug-likeness (QED) is 0.597. The van der Waals surface area contributed by atoms with Gasteiger partial charge in [0, 0.05) is 11.8 Å². The molecule has 5 nitrogen and oxygen atoms in total. The summed E-state index contributed by atoms with van der Waals surface area (Å²) in [5.41, 5.74) is 1.74. The van der Waals surface area contributed by atoms with Crippen molar-refractivity contribution < 1.29 is 19.1 Å². The molecular weight excluding hydrogens is 414 g/mol. The van der Waals surface area contributed by atoms with Crippen LogP contribution in [0.1, 0.15) is 49.7 Å². The minimum Gasteiger partial charge on any atom is -0.489 e. The zero-order valence-corrected chi connectivity index (χ0v) is 19.3. The number of hydrogen-bond acceptors (Lipinski definition) is 4. The fraction of sp³-hybridized carbons (Fsp3) is 0.500. The van der Waals surface area contributed by atoms with Crippen LogP contribution in [-0.4, -0.2) is 25.0 Å². The van der Waals surface area contributed by atoms with Gasteiger partial charge in [-0.05, 0) is 79.5 Å². The van der Waals surface area contributed by atoms with Gasteiger partial charge in [-0.1, -0.05) is 42.5 Å². The fourth-order valence-electron chi connectivity index (χ4n) is 6.77. The fourth-order valence-corrected chi connectivity index (χ4v) is 6.77. The zero-order chi connectivity index (χ0) is 22.8. The number of carbonyl (C=O) groups excluding carboxylic acids is 2. The monoisotopic (exact) mass is 447 g/mol. The average molecular weight is 448 g/mol. The Morgan fingerprint density at radius 1 is 0.939 bits per heavy atom. The third kappa shape index (κ3) is 4.78. The molecule has 0 aliphatic heterocycles. The molecule has 6 rings (SSSR count). The lowest BCUT2D eigenvalue weighted by atomic mass is 9.49. The summed E-state index contributed by atoms with van der Waals surface area (Å²) < 4.78 is 11.0. The molecule has 33 heavy (non-hydrogen) atoms. The van der Waals surface area contributed by atoms with E-state index in [1.54, 1.807) is 0 Å². The highest BCUT2D eigenvalue weighted by atomic mass is 16.5. The number of ether oxygens (including phenoxy) is 2. The van der Waals surface area contributed by atoms with E-state index in [9.17, 15) is 9.59 Å². The van der Waals surface area contributed by atoms with E-state index in [2.05, 4.69) is 5.32 Å². The molecule has 1 amide bonds. The molecule has 5 heteroatoms. The Morgan fingerprint density at radius 2 is 1.58 bits per heavy atom. The van der Waals surface area contributed by atoms with Crippen LogP contribution in [0.15, 0.2) is 54.6 Å². The van der Waals surface area contributed by atoms with Crippen molar-refractivity contribution in [2.24, 2.45) is 23.2 Å². The van der Waals surface area contributed by atoms with Crippen LogP contribution in [0.25, 0.3) is 0 Å². The zero-order valence-electron chi connectivity index (χ0n) is 19.3. The maximum absolute atomic E-state index is 13.5. The van der Waals surface area contributed by atoms with Gasteiger partial charge < -0.3 is 14.8 Å². The highest BCUT2D eigenvalue weighted by molar-refractivity contribution is 5.88. The summed E-state index contributed by atoms with van der Waals surface area (Å²) in [6.45, 7) is 0.480. The van der Waals surface area contributed by atoms with Crippen LogP contribution >= 0.6 is 0 Å². The Bertz CT molecular complexity index is 967. The van der Waals surface area contributed by atoms with Crippen LogP contribution in [0.3, 0.4) is 0 Å². The standard InChI is InChI=1S/C28H33NO4/c1-32-26(30)25(29-27(31)28-15-21-10-22(16-28)12-23(11-21)17-28)14-20-8-5-9-24(13-20)33-18-19-6-3-2-4-7-19/h2-9,13,21-23,25H,10-12,14-18H2,1H3,(H,29,31)/t21?,22?,23?,25-,28?/m1/s1. The predicted molar refractivity (Wildman–Crippen MR) is 125 cm³/mol. The normalized spacial score (nSPS) is 28.2. The second-order valence-corrected chi connectivity index (χ2v) is 10.4. The summed E-state index contributed by atoms with van der Waals surface area (Å²) in [6.07, 6.45) is 7.14. The summed E-state index contributed by atoms with van der Waals surface area (Å²) in [4.78, 5) is 26.1. The molecular formula is C28H33NO4. The molecule has 174 valence electrons. The van der Waals surface area contributed by atoms with Gasteiger partial charge >= 0.3 is 5.97 Å². The number of benzene rings is 2. The van der Waals surface area contributed by atoms with E-state index in [0.717, 1.165) is 36.1 Å². The van der Waals surface area contributed by atoms with Gasteiger partial charge in [0.25, 0.3) is 0 Å². The molecule has 0 spiro atoms. The van der Waals surface area contributed by atoms with Gasteiger partial charge in [-0.2, -0.15) is 0 Å². The molecule has 2 aromatic rings. The molecule has 2 aromatic carbocycles. The minimum atomic E-state index is -0.695. The largest absolute Gasteiger partial charge is 0.489 e. The third-order valence-electron chi connectivity index (χ3n) is 7.90. The molecule has 1 atom stereocenters. The van der Waals surface area contributed by atoms with E-state index in [0.29, 0.717) is 30.8 Å². The molecule has 1 N–H and O–H groups in total. The van der Waals surface area contributed by atoms with Gasteiger partial charge in [-0.15, -0.1) is 0 Å². The Balaban J connectivity index is 1.26. The van der Waals surface area contributed by atoms with Gasteiger partial charge in [-0.3, -0.25) is 4.79 Å². The van der Waals surface area contributed by atoms with Crippen molar-refractivity contribution >= 4 is 11.9 Å². The lowest BCUT2D eigenvalue weighted by molar-refractivity contribution is -0.152. The molecule has 0 unspecified atom stereocenters. The number of amides is 1. The van der Waals surface area contributed by atoms with Crippen molar-refractivity contribution in [2.45, 2.75) is 57.6 Å². The van der Waals surface area contributed by atoms with Gasteiger partial charge in [0.05, 0.1) is 7.11 Å². The van der Waals surface area contributed by atoms with Gasteiger partial charge in [-0.25, -0.2) is 4.79 Å². The van der Waals surface area contributed by atoms with Crippen LogP contribution in [0.2, 0.25) is 0 Å². The van der Waals surface area contributed by atoms with E-state index < -0.39 is 12.0 Å². The first-order valence-corrected chi connectivity index (χ1v) is 12.2. The number of esters is 1. The summed E-state index contributed by atoms with van der Waals surface area (Å²) in [5, 5.41) is 3.10. The summed E-state index contributed by atoms with van der Waals surface area (Å²) in [7, 11) is 1.38. The van der Waals surface area contributed by atoms with Crippen LogP contribution in [0.5, 0.6) is 5.75 Å². The number of rotatable bonds is 8. The number of hydrogen-bond donors (Lipinski definition) is 1. The topological polar surface area (TPSA) is 64.6 Å². The van der Waals surface area contributed by atoms with Crippen molar-refractivity contribution in [3.05, 3.63) is 65.7 Å². The predicted octanol–water partition coefficient (Wildman–Crippen LogP) is 4.68. The third-order valence-corrected chi connectivity index (χ3v) is 7.90. The first-order valence-electron chi connectivity index (χ1n) is 12.2. The van der Waals surface area contributed by atoms with Gasteiger partial charge in [0.1, 0.15) is 18.4 Å². The van der Waals surface area contributed by atoms with Gasteiger partial charge in [0.15, 0.2) is 0 Å². The van der Waals surface area contributed by atoms with Crippen LogP contribution in [-0.2, 0) is 27.4 Å². The molecule has 4 aliphatic rings. The van der Waals surface area contributed by atoms with Crippen molar-refractivity contribution in [1.82, 2.24) is 5.32 Å². The van der Waals surface area contributed by atoms with Crippen LogP contribution in [0.4, 0.5) is 0 Å². The highest BCUT2D eigenvalue weighted by Gasteiger charge is 2.55. The van der Waals surface area contributed by atoms with Crippen LogP contribution in [0, 0.1) is 23.2 Å². The van der Waals surface area contributed by atoms with Crippen LogP contribution < -0.4 is 10.1 Å². The average Bonchev–Trinajstić information content (AvgIpc) is 2.82. The number of nitrogens with one attached hydrogen (secondary N) is 1. The van der Waals surface area contributed by atoms with Crippen molar-refractivity contribution in [3.63, 3.8) is 0 Å². The minimum absolute atomic E-state index is 0.0495. The highest BCUT2D eigenvalue weighted by Crippen LogP contribution is 2.60. The Hall–Kier alpha value is -2.82. The number of methoxy groups -OCH3 is 1. The molecule has 0 aromatic heterocycles. The summed E-state index contributed by atoms with van der Waals surface area (Å²) in [5.74, 6) is 2.43. The smallest absolute Gasteiger partial charge is 0.328 e. The van der Waals surface area contributed by atoms with Gasteiger partial charge in [0.2, 0.25) is 5.91 Å². The van der Waals surface area contributed by atoms with Crippen molar-refractivity contribution in [3.8, 4) is 5.75 Å². The lowest BCUT2D eigenvalue weighted by Gasteiger charge is -2.55. The van der Waals surface area contributed by atoms with Crippen molar-refractivity contribution in [2.75, 3.05) is 7.11 Å². The first kappa shape index (κ1) is 22.0. The van der Waals surface area contributed by atoms with E-state index in [-0.39, 0.29) is 11.3 Å². The molecule has 4 fully saturated rings. The Morgan fingerprint density at radius 3 is 2.21 bits per heavy atom. The van der Waals surface area contributed by atoms with E-state index in [4.69, 9.17) is 9.47 Å². The summed E-state index contributed by atoms with van der Waals surface area (Å²) in [6, 6.07) is 17.0. The van der Waals surface area contributed by atoms with Crippen molar-refractivity contribution in [1.29, 1.82) is 0 Å². The lowest BCUT2D eigenvalue weighted by Crippen LogP contribution is -2.56. The molecule has 0 saturated heterocycles. The molecule has 0 radical (unpaired) electrons. The van der Waals surface area contributed by atoms with E-state index in [1.807, 2.05) is 54.6 Å². The second-order valence-electron chi connectivity index (χ2n) is 10.4. The molecule has 0 heterocycles. The van der Waals surface area contributed by atoms with E-state index in [1.165, 1.54) is 26.4 Å². The summed E-state index contributed by atoms with van der Waals surface area (Å²) >= 11 is 0. The SMILES string of the molecule is COC(=O)[C@@H](Cc1cccc(OCc2ccccc2)c1)NC(=O)C12CC3CC(CC(C3)C1)C2. The first-order chi connectivity index (χ1) is 16.0. The molecule has 4 aliphatic carbocycles. The second kappa shape index (κ2) is 9.20. The molecule has 4 bridgehead atoms. The number of carbonyl (C=O) groups is 2. The Labute approximate surface area is 195 Å².